The lowest BCUT2D eigenvalue weighted by Crippen LogP contribution is -2.44. The van der Waals surface area contributed by atoms with E-state index in [1.54, 1.807) is 0 Å². The molecule has 1 atom stereocenters. The van der Waals surface area contributed by atoms with E-state index in [1.165, 1.54) is 37.9 Å². The number of nitrogens with zero attached hydrogens (tertiary/aromatic N) is 1. The summed E-state index contributed by atoms with van der Waals surface area (Å²) < 4.78 is 0. The molecule has 1 rings (SSSR count). The van der Waals surface area contributed by atoms with Crippen molar-refractivity contribution in [1.29, 1.82) is 0 Å². The Bertz CT molecular complexity index is 209. The zero-order chi connectivity index (χ0) is 11.8. The van der Waals surface area contributed by atoms with Crippen LogP contribution in [0.4, 0.5) is 0 Å². The first-order chi connectivity index (χ1) is 7.75. The van der Waals surface area contributed by atoms with E-state index in [1.807, 2.05) is 11.8 Å². The fourth-order valence-corrected chi connectivity index (χ4v) is 2.90. The Morgan fingerprint density at radius 1 is 1.44 bits per heavy atom. The first-order valence-corrected chi connectivity index (χ1v) is 8.09. The van der Waals surface area contributed by atoms with Crippen molar-refractivity contribution in [3.05, 3.63) is 0 Å². The summed E-state index contributed by atoms with van der Waals surface area (Å²) in [6, 6.07) is 0.614. The molecule has 1 aliphatic heterocycles. The maximum atomic E-state index is 5.47. The van der Waals surface area contributed by atoms with Gasteiger partial charge in [0.05, 0.1) is 0 Å². The zero-order valence-electron chi connectivity index (χ0n) is 10.5. The molecule has 1 unspecified atom stereocenters. The Balaban J connectivity index is 2.27. The molecule has 0 amide bonds. The van der Waals surface area contributed by atoms with E-state index < -0.39 is 0 Å². The molecule has 0 aromatic heterocycles. The maximum Gasteiger partial charge on any atom is 0.169 e. The van der Waals surface area contributed by atoms with E-state index in [4.69, 9.17) is 12.2 Å². The van der Waals surface area contributed by atoms with Crippen molar-refractivity contribution in [2.24, 2.45) is 0 Å². The van der Waals surface area contributed by atoms with Crippen LogP contribution in [-0.4, -0.2) is 41.2 Å². The second-order valence-corrected chi connectivity index (χ2v) is 5.84. The average molecular weight is 260 g/mol. The lowest BCUT2D eigenvalue weighted by molar-refractivity contribution is 0.331. The van der Waals surface area contributed by atoms with Crippen LogP contribution in [-0.2, 0) is 0 Å². The molecule has 1 saturated heterocycles. The summed E-state index contributed by atoms with van der Waals surface area (Å²) in [4.78, 5) is 2.38. The van der Waals surface area contributed by atoms with Crippen LogP contribution in [0.1, 0.15) is 39.0 Å². The molecule has 1 fully saturated rings. The molecule has 0 saturated carbocycles. The van der Waals surface area contributed by atoms with E-state index in [2.05, 4.69) is 23.4 Å². The molecule has 0 spiro atoms. The molecule has 1 aliphatic rings. The molecule has 4 heteroatoms. The largest absolute Gasteiger partial charge is 0.363 e. The molecule has 0 aromatic rings. The van der Waals surface area contributed by atoms with E-state index in [9.17, 15) is 0 Å². The van der Waals surface area contributed by atoms with E-state index in [-0.39, 0.29) is 0 Å². The van der Waals surface area contributed by atoms with Crippen molar-refractivity contribution in [2.45, 2.75) is 45.1 Å². The smallest absolute Gasteiger partial charge is 0.169 e. The summed E-state index contributed by atoms with van der Waals surface area (Å²) in [6.07, 6.45) is 8.63. The lowest BCUT2D eigenvalue weighted by Gasteiger charge is -2.30. The highest BCUT2D eigenvalue weighted by molar-refractivity contribution is 7.98. The van der Waals surface area contributed by atoms with Gasteiger partial charge in [0.15, 0.2) is 5.11 Å². The second-order valence-electron chi connectivity index (χ2n) is 4.47. The quantitative estimate of drug-likeness (QED) is 0.617. The number of thiocarbonyl (C=S) groups is 1. The van der Waals surface area contributed by atoms with Gasteiger partial charge in [-0.2, -0.15) is 11.8 Å². The molecule has 0 aliphatic carbocycles. The van der Waals surface area contributed by atoms with Crippen LogP contribution in [0.25, 0.3) is 0 Å². The molecule has 2 nitrogen and oxygen atoms in total. The number of likely N-dealkylation sites (tertiary alicyclic amines) is 1. The number of thioether (sulfide) groups is 1. The summed E-state index contributed by atoms with van der Waals surface area (Å²) in [5.41, 5.74) is 0. The first-order valence-electron chi connectivity index (χ1n) is 6.29. The van der Waals surface area contributed by atoms with Gasteiger partial charge in [0, 0.05) is 19.1 Å². The predicted molar refractivity (Wildman–Crippen MR) is 78.2 cm³/mol. The van der Waals surface area contributed by atoms with Crippen LogP contribution in [0.3, 0.4) is 0 Å². The van der Waals surface area contributed by atoms with Crippen LogP contribution in [0.5, 0.6) is 0 Å². The summed E-state index contributed by atoms with van der Waals surface area (Å²) in [6.45, 7) is 4.44. The Morgan fingerprint density at radius 2 is 2.25 bits per heavy atom. The van der Waals surface area contributed by atoms with Crippen molar-refractivity contribution in [3.63, 3.8) is 0 Å². The average Bonchev–Trinajstić information content (AvgIpc) is 2.49. The van der Waals surface area contributed by atoms with Gasteiger partial charge in [-0.25, -0.2) is 0 Å². The highest BCUT2D eigenvalue weighted by atomic mass is 32.2. The van der Waals surface area contributed by atoms with E-state index >= 15 is 0 Å². The third kappa shape index (κ3) is 4.91. The molecule has 0 bridgehead atoms. The van der Waals surface area contributed by atoms with Crippen LogP contribution < -0.4 is 5.32 Å². The first kappa shape index (κ1) is 14.1. The summed E-state index contributed by atoms with van der Waals surface area (Å²) in [7, 11) is 0. The van der Waals surface area contributed by atoms with Gasteiger partial charge in [-0.05, 0) is 50.4 Å². The van der Waals surface area contributed by atoms with Gasteiger partial charge >= 0.3 is 0 Å². The van der Waals surface area contributed by atoms with Crippen molar-refractivity contribution in [2.75, 3.05) is 25.1 Å². The van der Waals surface area contributed by atoms with E-state index in [0.29, 0.717) is 6.04 Å². The number of nitrogens with one attached hydrogen (secondary N) is 1. The van der Waals surface area contributed by atoms with Crippen LogP contribution >= 0.6 is 24.0 Å². The maximum absolute atomic E-state index is 5.47. The molecule has 1 heterocycles. The lowest BCUT2D eigenvalue weighted by atomic mass is 10.1. The number of rotatable bonds is 4. The van der Waals surface area contributed by atoms with E-state index in [0.717, 1.165) is 18.2 Å². The summed E-state index contributed by atoms with van der Waals surface area (Å²) >= 11 is 7.36. The molecular formula is C12H24N2S2. The van der Waals surface area contributed by atoms with Gasteiger partial charge < -0.3 is 10.2 Å². The second kappa shape index (κ2) is 8.18. The Labute approximate surface area is 110 Å². The topological polar surface area (TPSA) is 15.3 Å². The summed E-state index contributed by atoms with van der Waals surface area (Å²) in [5.74, 6) is 1.21. The third-order valence-corrected chi connectivity index (χ3v) is 4.19. The zero-order valence-corrected chi connectivity index (χ0v) is 12.1. The van der Waals surface area contributed by atoms with Crippen LogP contribution in [0.2, 0.25) is 0 Å². The molecule has 0 aromatic carbocycles. The van der Waals surface area contributed by atoms with Gasteiger partial charge in [-0.3, -0.25) is 0 Å². The monoisotopic (exact) mass is 260 g/mol. The third-order valence-electron chi connectivity index (χ3n) is 3.12. The fraction of sp³-hybridized carbons (Fsp3) is 0.917. The molecule has 16 heavy (non-hydrogen) atoms. The molecule has 0 radical (unpaired) electrons. The standard InChI is InChI=1S/C12H24N2S2/c1-11-7-4-3-5-9-14(11)12(15)13-8-6-10-16-2/h11H,3-10H2,1-2H3,(H,13,15). The minimum Gasteiger partial charge on any atom is -0.363 e. The highest BCUT2D eigenvalue weighted by Crippen LogP contribution is 2.16. The molecule has 1 N–H and O–H groups in total. The Morgan fingerprint density at radius 3 is 3.00 bits per heavy atom. The van der Waals surface area contributed by atoms with Gasteiger partial charge in [0.25, 0.3) is 0 Å². The Kier molecular flexibility index (Phi) is 7.21. The predicted octanol–water partition coefficient (Wildman–Crippen LogP) is 2.88. The van der Waals surface area contributed by atoms with Crippen molar-refractivity contribution in [3.8, 4) is 0 Å². The minimum absolute atomic E-state index is 0.614. The van der Waals surface area contributed by atoms with Gasteiger partial charge in [-0.15, -0.1) is 0 Å². The van der Waals surface area contributed by atoms with Gasteiger partial charge in [0.2, 0.25) is 0 Å². The van der Waals surface area contributed by atoms with Crippen LogP contribution in [0.15, 0.2) is 0 Å². The van der Waals surface area contributed by atoms with Gasteiger partial charge in [-0.1, -0.05) is 12.8 Å². The van der Waals surface area contributed by atoms with Gasteiger partial charge in [0.1, 0.15) is 0 Å². The fourth-order valence-electron chi connectivity index (χ4n) is 2.09. The molecular weight excluding hydrogens is 236 g/mol. The highest BCUT2D eigenvalue weighted by Gasteiger charge is 2.18. The molecule has 94 valence electrons. The number of hydrogen-bond donors (Lipinski definition) is 1. The van der Waals surface area contributed by atoms with Crippen molar-refractivity contribution >= 4 is 29.1 Å². The normalized spacial score (nSPS) is 21.6. The van der Waals surface area contributed by atoms with Crippen molar-refractivity contribution in [1.82, 2.24) is 10.2 Å². The minimum atomic E-state index is 0.614. The van der Waals surface area contributed by atoms with Crippen molar-refractivity contribution < 1.29 is 0 Å². The van der Waals surface area contributed by atoms with Crippen LogP contribution in [0, 0.1) is 0 Å². The summed E-state index contributed by atoms with van der Waals surface area (Å²) in [5, 5.41) is 4.36. The number of hydrogen-bond acceptors (Lipinski definition) is 2. The SMILES string of the molecule is CSCCCNC(=S)N1CCCCCC1C. The Hall–Kier alpha value is 0.0400.